The van der Waals surface area contributed by atoms with Gasteiger partial charge in [-0.15, -0.1) is 0 Å². The van der Waals surface area contributed by atoms with Gasteiger partial charge in [-0.1, -0.05) is 6.92 Å². The van der Waals surface area contributed by atoms with Crippen LogP contribution >= 0.6 is 0 Å². The van der Waals surface area contributed by atoms with Gasteiger partial charge in [-0.2, -0.15) is 0 Å². The van der Waals surface area contributed by atoms with Gasteiger partial charge in [0, 0.05) is 50.2 Å². The first-order valence-electron chi connectivity index (χ1n) is 11.5. The first-order valence-corrected chi connectivity index (χ1v) is 11.5. The molecule has 0 spiro atoms. The minimum atomic E-state index is 0.106. The van der Waals surface area contributed by atoms with Crippen LogP contribution in [0.5, 0.6) is 0 Å². The third-order valence-corrected chi connectivity index (χ3v) is 6.88. The van der Waals surface area contributed by atoms with Crippen LogP contribution in [-0.4, -0.2) is 52.8 Å². The van der Waals surface area contributed by atoms with Gasteiger partial charge in [-0.05, 0) is 73.9 Å². The summed E-state index contributed by atoms with van der Waals surface area (Å²) in [6, 6.07) is 8.16. The average Bonchev–Trinajstić information content (AvgIpc) is 3.12. The molecule has 3 aliphatic rings. The summed E-state index contributed by atoms with van der Waals surface area (Å²) in [4.78, 5) is 36.3. The number of carbonyl (C=O) groups excluding carboxylic acids is 2. The quantitative estimate of drug-likeness (QED) is 0.756. The van der Waals surface area contributed by atoms with Crippen LogP contribution in [0.25, 0.3) is 0 Å². The minimum absolute atomic E-state index is 0.106. The molecule has 4 heterocycles. The number of hydrogen-bond donors (Lipinski definition) is 0. The molecule has 0 aliphatic carbocycles. The Kier molecular flexibility index (Phi) is 5.16. The number of anilines is 2. The second kappa shape index (κ2) is 7.98. The Labute approximate surface area is 183 Å². The largest absolute Gasteiger partial charge is 0.338 e. The average molecular weight is 419 g/mol. The number of aromatic nitrogens is 1. The number of hydrogen-bond acceptors (Lipinski definition) is 4. The standard InChI is InChI=1S/C25H30N4O2/c1-3-27-16-20-13-21(8-9-22(20)25(27)31)29-11-5-7-18-12-19(14-26-23(18)29)24(30)28-10-4-6-17(2)15-28/h8-9,12-14,17H,3-7,10-11,15-16H2,1-2H3/t17-/m1/s1. The molecule has 1 fully saturated rings. The fourth-order valence-corrected chi connectivity index (χ4v) is 5.18. The molecule has 1 saturated heterocycles. The smallest absolute Gasteiger partial charge is 0.255 e. The highest BCUT2D eigenvalue weighted by Gasteiger charge is 2.29. The number of rotatable bonds is 3. The van der Waals surface area contributed by atoms with E-state index in [4.69, 9.17) is 4.98 Å². The van der Waals surface area contributed by atoms with E-state index in [0.717, 1.165) is 73.6 Å². The second-order valence-electron chi connectivity index (χ2n) is 9.12. The van der Waals surface area contributed by atoms with Crippen LogP contribution < -0.4 is 4.90 Å². The highest BCUT2D eigenvalue weighted by atomic mass is 16.2. The van der Waals surface area contributed by atoms with E-state index in [1.165, 1.54) is 6.42 Å². The molecule has 0 N–H and O–H groups in total. The molecular formula is C25H30N4O2. The van der Waals surface area contributed by atoms with Gasteiger partial charge in [0.25, 0.3) is 11.8 Å². The number of piperidine rings is 1. The maximum absolute atomic E-state index is 13.0. The summed E-state index contributed by atoms with van der Waals surface area (Å²) in [6.45, 7) is 8.20. The van der Waals surface area contributed by atoms with Gasteiger partial charge >= 0.3 is 0 Å². The maximum Gasteiger partial charge on any atom is 0.255 e. The number of benzene rings is 1. The van der Waals surface area contributed by atoms with Crippen LogP contribution in [0.1, 0.15) is 65.0 Å². The van der Waals surface area contributed by atoms with E-state index in [1.54, 1.807) is 6.20 Å². The summed E-state index contributed by atoms with van der Waals surface area (Å²) in [7, 11) is 0. The molecule has 3 aliphatic heterocycles. The van der Waals surface area contributed by atoms with Crippen LogP contribution in [0.15, 0.2) is 30.5 Å². The van der Waals surface area contributed by atoms with Crippen molar-refractivity contribution >= 4 is 23.3 Å². The van der Waals surface area contributed by atoms with E-state index in [0.29, 0.717) is 18.0 Å². The van der Waals surface area contributed by atoms with Crippen molar-refractivity contribution < 1.29 is 9.59 Å². The summed E-state index contributed by atoms with van der Waals surface area (Å²) in [6.07, 6.45) is 5.97. The Morgan fingerprint density at radius 2 is 2.03 bits per heavy atom. The van der Waals surface area contributed by atoms with Crippen LogP contribution in [-0.2, 0) is 13.0 Å². The molecule has 1 aromatic carbocycles. The van der Waals surface area contributed by atoms with E-state index < -0.39 is 0 Å². The van der Waals surface area contributed by atoms with Crippen LogP contribution in [0.3, 0.4) is 0 Å². The fraction of sp³-hybridized carbons (Fsp3) is 0.480. The summed E-state index contributed by atoms with van der Waals surface area (Å²) in [5, 5.41) is 0. The monoisotopic (exact) mass is 418 g/mol. The van der Waals surface area contributed by atoms with Crippen molar-refractivity contribution in [3.05, 3.63) is 52.7 Å². The number of amides is 2. The molecule has 31 heavy (non-hydrogen) atoms. The van der Waals surface area contributed by atoms with Gasteiger partial charge < -0.3 is 14.7 Å². The zero-order chi connectivity index (χ0) is 21.5. The number of fused-ring (bicyclic) bond motifs is 2. The third kappa shape index (κ3) is 3.58. The number of aryl methyl sites for hydroxylation is 1. The Bertz CT molecular complexity index is 1030. The van der Waals surface area contributed by atoms with Gasteiger partial charge in [0.15, 0.2) is 0 Å². The highest BCUT2D eigenvalue weighted by Crippen LogP contribution is 2.35. The minimum Gasteiger partial charge on any atom is -0.338 e. The van der Waals surface area contributed by atoms with E-state index in [9.17, 15) is 9.59 Å². The van der Waals surface area contributed by atoms with Crippen molar-refractivity contribution in [2.24, 2.45) is 5.92 Å². The van der Waals surface area contributed by atoms with Gasteiger partial charge in [-0.25, -0.2) is 4.98 Å². The predicted octanol–water partition coefficient (Wildman–Crippen LogP) is 4.01. The Morgan fingerprint density at radius 1 is 1.16 bits per heavy atom. The highest BCUT2D eigenvalue weighted by molar-refractivity contribution is 5.99. The molecule has 0 saturated carbocycles. The lowest BCUT2D eigenvalue weighted by molar-refractivity contribution is 0.0682. The lowest BCUT2D eigenvalue weighted by Crippen LogP contribution is -2.39. The molecule has 0 radical (unpaired) electrons. The molecule has 0 bridgehead atoms. The SMILES string of the molecule is CCN1Cc2cc(N3CCCc4cc(C(=O)N5CCC[C@@H](C)C5)cnc43)ccc2C1=O. The fourth-order valence-electron chi connectivity index (χ4n) is 5.18. The first-order chi connectivity index (χ1) is 15.0. The van der Waals surface area contributed by atoms with Crippen LogP contribution in [0.2, 0.25) is 0 Å². The van der Waals surface area contributed by atoms with Crippen molar-refractivity contribution in [3.8, 4) is 0 Å². The lowest BCUT2D eigenvalue weighted by Gasteiger charge is -2.32. The van der Waals surface area contributed by atoms with E-state index in [1.807, 2.05) is 34.9 Å². The second-order valence-corrected chi connectivity index (χ2v) is 9.12. The number of carbonyl (C=O) groups is 2. The molecule has 2 aromatic rings. The maximum atomic E-state index is 13.0. The van der Waals surface area contributed by atoms with Crippen molar-refractivity contribution in [1.82, 2.24) is 14.8 Å². The van der Waals surface area contributed by atoms with Gasteiger partial charge in [-0.3, -0.25) is 9.59 Å². The van der Waals surface area contributed by atoms with Crippen LogP contribution in [0.4, 0.5) is 11.5 Å². The summed E-state index contributed by atoms with van der Waals surface area (Å²) in [5.41, 5.74) is 4.80. The first kappa shape index (κ1) is 20.0. The van der Waals surface area contributed by atoms with Crippen molar-refractivity contribution in [2.45, 2.75) is 46.1 Å². The molecular weight excluding hydrogens is 388 g/mol. The molecule has 1 atom stereocenters. The zero-order valence-electron chi connectivity index (χ0n) is 18.4. The number of nitrogens with zero attached hydrogens (tertiary/aromatic N) is 4. The molecule has 6 nitrogen and oxygen atoms in total. The lowest BCUT2D eigenvalue weighted by atomic mass is 9.98. The zero-order valence-corrected chi connectivity index (χ0v) is 18.4. The number of likely N-dealkylation sites (tertiary alicyclic amines) is 1. The van der Waals surface area contributed by atoms with E-state index >= 15 is 0 Å². The molecule has 0 unspecified atom stereocenters. The molecule has 2 amide bonds. The van der Waals surface area contributed by atoms with Crippen molar-refractivity contribution in [3.63, 3.8) is 0 Å². The summed E-state index contributed by atoms with van der Waals surface area (Å²) in [5.74, 6) is 1.73. The van der Waals surface area contributed by atoms with Gasteiger partial charge in [0.2, 0.25) is 0 Å². The Balaban J connectivity index is 1.41. The summed E-state index contributed by atoms with van der Waals surface area (Å²) < 4.78 is 0. The topological polar surface area (TPSA) is 56.8 Å². The predicted molar refractivity (Wildman–Crippen MR) is 121 cm³/mol. The van der Waals surface area contributed by atoms with Crippen molar-refractivity contribution in [2.75, 3.05) is 31.1 Å². The molecule has 1 aromatic heterocycles. The molecule has 162 valence electrons. The molecule has 6 heteroatoms. The van der Waals surface area contributed by atoms with Crippen molar-refractivity contribution in [1.29, 1.82) is 0 Å². The van der Waals surface area contributed by atoms with E-state index in [-0.39, 0.29) is 11.8 Å². The third-order valence-electron chi connectivity index (χ3n) is 6.88. The van der Waals surface area contributed by atoms with Gasteiger partial charge in [0.1, 0.15) is 5.82 Å². The Morgan fingerprint density at radius 3 is 2.84 bits per heavy atom. The summed E-state index contributed by atoms with van der Waals surface area (Å²) >= 11 is 0. The normalized spacial score (nSPS) is 20.6. The Hall–Kier alpha value is -2.89. The number of pyridine rings is 1. The van der Waals surface area contributed by atoms with E-state index in [2.05, 4.69) is 17.9 Å². The van der Waals surface area contributed by atoms with Crippen LogP contribution in [0, 0.1) is 5.92 Å². The molecule has 5 rings (SSSR count). The van der Waals surface area contributed by atoms with Gasteiger partial charge in [0.05, 0.1) is 5.56 Å².